The van der Waals surface area contributed by atoms with E-state index in [1.54, 1.807) is 39.0 Å². The molecule has 0 aliphatic carbocycles. The second-order valence-electron chi connectivity index (χ2n) is 6.55. The summed E-state index contributed by atoms with van der Waals surface area (Å²) in [5, 5.41) is 2.53. The molecule has 0 aliphatic rings. The maximum atomic E-state index is 12.5. The standard InChI is InChI=1S/C17H21N3O4S.C2H6.2H2/c1-12-6-5-7-13(10-12)24-14-8-9-18-11-15(14)25(22,23)20-16(21)19-17(2,3)4;1-2;;/h5-11H,1-4H3,(H2,19,20,21);1-2H3;2*1H. The third-order valence-electron chi connectivity index (χ3n) is 2.97. The molecule has 2 rings (SSSR count). The van der Waals surface area contributed by atoms with E-state index in [1.165, 1.54) is 12.3 Å². The van der Waals surface area contributed by atoms with Crippen molar-refractivity contribution in [2.75, 3.05) is 0 Å². The Labute approximate surface area is 164 Å². The minimum atomic E-state index is -4.14. The number of pyridine rings is 1. The first-order valence-corrected chi connectivity index (χ1v) is 10.1. The van der Waals surface area contributed by atoms with E-state index in [0.717, 1.165) is 11.8 Å². The molecule has 2 aromatic rings. The lowest BCUT2D eigenvalue weighted by Gasteiger charge is -2.21. The number of aromatic nitrogens is 1. The summed E-state index contributed by atoms with van der Waals surface area (Å²) < 4.78 is 32.7. The van der Waals surface area contributed by atoms with Crippen LogP contribution in [0.5, 0.6) is 11.5 Å². The number of nitrogens with zero attached hydrogens (tertiary/aromatic N) is 1. The highest BCUT2D eigenvalue weighted by molar-refractivity contribution is 7.90. The zero-order chi connectivity index (χ0) is 20.7. The fourth-order valence-electron chi connectivity index (χ4n) is 2.00. The number of amides is 2. The lowest BCUT2D eigenvalue weighted by atomic mass is 10.1. The molecule has 0 fully saturated rings. The van der Waals surface area contributed by atoms with Crippen molar-refractivity contribution in [3.8, 4) is 11.5 Å². The molecule has 27 heavy (non-hydrogen) atoms. The topological polar surface area (TPSA) is 97.4 Å². The number of ether oxygens (including phenoxy) is 1. The van der Waals surface area contributed by atoms with E-state index in [2.05, 4.69) is 10.3 Å². The fraction of sp³-hybridized carbons (Fsp3) is 0.368. The molecule has 0 spiro atoms. The first-order valence-electron chi connectivity index (χ1n) is 8.60. The molecular formula is C19H31N3O4S. The lowest BCUT2D eigenvalue weighted by molar-refractivity contribution is 0.237. The van der Waals surface area contributed by atoms with Gasteiger partial charge in [0.05, 0.1) is 6.20 Å². The van der Waals surface area contributed by atoms with Crippen molar-refractivity contribution in [1.82, 2.24) is 15.0 Å². The number of urea groups is 1. The zero-order valence-corrected chi connectivity index (χ0v) is 17.3. The van der Waals surface area contributed by atoms with Gasteiger partial charge in [-0.15, -0.1) is 0 Å². The van der Waals surface area contributed by atoms with Gasteiger partial charge in [0.1, 0.15) is 10.6 Å². The SMILES string of the molecule is CC.Cc1cccc(Oc2ccncc2S(=O)(=O)NC(=O)NC(C)(C)C)c1.[HH].[HH]. The normalized spacial score (nSPS) is 11.0. The molecule has 7 nitrogen and oxygen atoms in total. The number of hydrogen-bond acceptors (Lipinski definition) is 5. The summed E-state index contributed by atoms with van der Waals surface area (Å²) in [7, 11) is -4.14. The summed E-state index contributed by atoms with van der Waals surface area (Å²) in [5.74, 6) is 0.568. The van der Waals surface area contributed by atoms with E-state index in [9.17, 15) is 13.2 Å². The molecule has 2 amide bonds. The number of sulfonamides is 1. The molecule has 8 heteroatoms. The average molecular weight is 398 g/mol. The quantitative estimate of drug-likeness (QED) is 0.792. The van der Waals surface area contributed by atoms with E-state index >= 15 is 0 Å². The second kappa shape index (κ2) is 9.36. The fourth-order valence-corrected chi connectivity index (χ4v) is 2.98. The van der Waals surface area contributed by atoms with Gasteiger partial charge in [-0.05, 0) is 45.4 Å². The molecular weight excluding hydrogens is 366 g/mol. The molecule has 0 aliphatic heterocycles. The summed E-state index contributed by atoms with van der Waals surface area (Å²) in [4.78, 5) is 15.5. The summed E-state index contributed by atoms with van der Waals surface area (Å²) in [6, 6.07) is 7.79. The van der Waals surface area contributed by atoms with Crippen molar-refractivity contribution in [2.45, 2.75) is 52.0 Å². The van der Waals surface area contributed by atoms with Crippen LogP contribution in [0.1, 0.15) is 43.0 Å². The second-order valence-corrected chi connectivity index (χ2v) is 8.20. The van der Waals surface area contributed by atoms with Crippen molar-refractivity contribution >= 4 is 16.1 Å². The molecule has 0 unspecified atom stereocenters. The van der Waals surface area contributed by atoms with Gasteiger partial charge in [0.2, 0.25) is 0 Å². The minimum absolute atomic E-state index is 0. The molecule has 1 heterocycles. The molecule has 0 bridgehead atoms. The Morgan fingerprint density at radius 3 is 2.44 bits per heavy atom. The molecule has 0 atom stereocenters. The van der Waals surface area contributed by atoms with Crippen LogP contribution in [0.2, 0.25) is 0 Å². The number of nitrogens with one attached hydrogen (secondary N) is 2. The van der Waals surface area contributed by atoms with Crippen LogP contribution >= 0.6 is 0 Å². The number of hydrogen-bond donors (Lipinski definition) is 2. The van der Waals surface area contributed by atoms with Gasteiger partial charge in [0.15, 0.2) is 5.75 Å². The molecule has 1 aromatic carbocycles. The van der Waals surface area contributed by atoms with Crippen LogP contribution in [0.25, 0.3) is 0 Å². The highest BCUT2D eigenvalue weighted by Crippen LogP contribution is 2.28. The number of carbonyl (C=O) groups excluding carboxylic acids is 1. The van der Waals surface area contributed by atoms with Crippen molar-refractivity contribution in [2.24, 2.45) is 0 Å². The van der Waals surface area contributed by atoms with Crippen LogP contribution in [0.3, 0.4) is 0 Å². The third kappa shape index (κ3) is 7.26. The smallest absolute Gasteiger partial charge is 0.329 e. The van der Waals surface area contributed by atoms with Crippen LogP contribution in [0, 0.1) is 6.92 Å². The molecule has 0 saturated heterocycles. The monoisotopic (exact) mass is 397 g/mol. The Bertz CT molecular complexity index is 885. The average Bonchev–Trinajstić information content (AvgIpc) is 2.54. The van der Waals surface area contributed by atoms with Crippen molar-refractivity contribution < 1.29 is 20.8 Å². The number of rotatable bonds is 4. The van der Waals surface area contributed by atoms with Crippen LogP contribution in [0.4, 0.5) is 4.79 Å². The highest BCUT2D eigenvalue weighted by Gasteiger charge is 2.25. The van der Waals surface area contributed by atoms with Gasteiger partial charge in [-0.25, -0.2) is 17.9 Å². The number of carbonyl (C=O) groups is 1. The van der Waals surface area contributed by atoms with E-state index in [0.29, 0.717) is 5.75 Å². The Morgan fingerprint density at radius 1 is 1.19 bits per heavy atom. The minimum Gasteiger partial charge on any atom is -0.456 e. The van der Waals surface area contributed by atoms with Crippen molar-refractivity contribution in [1.29, 1.82) is 0 Å². The maximum absolute atomic E-state index is 12.5. The van der Waals surface area contributed by atoms with E-state index in [1.807, 2.05) is 31.6 Å². The number of benzene rings is 1. The Balaban J connectivity index is 0. The summed E-state index contributed by atoms with van der Waals surface area (Å²) in [6.07, 6.45) is 2.55. The van der Waals surface area contributed by atoms with Gasteiger partial charge >= 0.3 is 6.03 Å². The zero-order valence-electron chi connectivity index (χ0n) is 16.5. The first kappa shape index (κ1) is 22.4. The van der Waals surface area contributed by atoms with Crippen LogP contribution in [0.15, 0.2) is 47.6 Å². The van der Waals surface area contributed by atoms with Gasteiger partial charge in [-0.3, -0.25) is 4.98 Å². The molecule has 1 aromatic heterocycles. The Hall–Kier alpha value is -2.61. The van der Waals surface area contributed by atoms with Crippen molar-refractivity contribution in [3.63, 3.8) is 0 Å². The third-order valence-corrected chi connectivity index (χ3v) is 4.31. The summed E-state index contributed by atoms with van der Waals surface area (Å²) in [6.45, 7) is 11.1. The Kier molecular flexibility index (Phi) is 7.78. The summed E-state index contributed by atoms with van der Waals surface area (Å²) in [5.41, 5.74) is 0.397. The van der Waals surface area contributed by atoms with Crippen LogP contribution in [-0.2, 0) is 10.0 Å². The van der Waals surface area contributed by atoms with Crippen LogP contribution < -0.4 is 14.8 Å². The van der Waals surface area contributed by atoms with E-state index < -0.39 is 21.6 Å². The van der Waals surface area contributed by atoms with Gasteiger partial charge in [-0.1, -0.05) is 26.0 Å². The molecule has 0 radical (unpaired) electrons. The number of aryl methyl sites for hydroxylation is 1. The van der Waals surface area contributed by atoms with Gasteiger partial charge in [0, 0.05) is 20.7 Å². The van der Waals surface area contributed by atoms with Crippen molar-refractivity contribution in [3.05, 3.63) is 48.3 Å². The van der Waals surface area contributed by atoms with E-state index in [-0.39, 0.29) is 13.5 Å². The highest BCUT2D eigenvalue weighted by atomic mass is 32.2. The molecule has 152 valence electrons. The predicted molar refractivity (Wildman–Crippen MR) is 110 cm³/mol. The van der Waals surface area contributed by atoms with Gasteiger partial charge < -0.3 is 10.1 Å². The maximum Gasteiger partial charge on any atom is 0.329 e. The summed E-state index contributed by atoms with van der Waals surface area (Å²) >= 11 is 0. The van der Waals surface area contributed by atoms with Gasteiger partial charge in [-0.2, -0.15) is 0 Å². The first-order chi connectivity index (χ1) is 12.6. The van der Waals surface area contributed by atoms with E-state index in [4.69, 9.17) is 4.74 Å². The lowest BCUT2D eigenvalue weighted by Crippen LogP contribution is -2.48. The molecule has 0 saturated carbocycles. The predicted octanol–water partition coefficient (Wildman–Crippen LogP) is 4.49. The largest absolute Gasteiger partial charge is 0.456 e. The van der Waals surface area contributed by atoms with Crippen LogP contribution in [-0.4, -0.2) is 25.0 Å². The van der Waals surface area contributed by atoms with Gasteiger partial charge in [0.25, 0.3) is 10.0 Å². The Morgan fingerprint density at radius 2 is 1.85 bits per heavy atom. The molecule has 2 N–H and O–H groups in total.